The highest BCUT2D eigenvalue weighted by Crippen LogP contribution is 2.47. The maximum absolute atomic E-state index is 13.2. The van der Waals surface area contributed by atoms with Crippen LogP contribution in [-0.2, 0) is 14.3 Å². The summed E-state index contributed by atoms with van der Waals surface area (Å²) in [6.07, 6.45) is 0.660. The first-order valence-electron chi connectivity index (χ1n) is 6.91. The molecule has 0 aliphatic heterocycles. The molecule has 5 nitrogen and oxygen atoms in total. The van der Waals surface area contributed by atoms with Gasteiger partial charge in [-0.3, -0.25) is 4.79 Å². The smallest absolute Gasteiger partial charge is 0.326 e. The molecule has 3 atom stereocenters. The average molecular weight is 313 g/mol. The minimum absolute atomic E-state index is 0.167. The van der Waals surface area contributed by atoms with Crippen LogP contribution in [0.2, 0.25) is 0 Å². The van der Waals surface area contributed by atoms with Crippen molar-refractivity contribution in [2.24, 2.45) is 5.92 Å². The van der Waals surface area contributed by atoms with E-state index in [9.17, 15) is 18.4 Å². The molecule has 1 saturated carbocycles. The Kier molecular flexibility index (Phi) is 5.07. The Morgan fingerprint density at radius 3 is 2.73 bits per heavy atom. The lowest BCUT2D eigenvalue weighted by molar-refractivity contribution is -0.142. The van der Waals surface area contributed by atoms with E-state index in [4.69, 9.17) is 9.84 Å². The molecule has 2 N–H and O–H groups in total. The number of ether oxygens (including phenoxy) is 1. The molecular formula is C15H17F2NO4. The summed E-state index contributed by atoms with van der Waals surface area (Å²) < 4.78 is 30.9. The lowest BCUT2D eigenvalue weighted by Gasteiger charge is -2.14. The average Bonchev–Trinajstić information content (AvgIpc) is 3.26. The van der Waals surface area contributed by atoms with E-state index < -0.39 is 35.5 Å². The second kappa shape index (κ2) is 6.83. The molecule has 1 aromatic carbocycles. The van der Waals surface area contributed by atoms with Gasteiger partial charge in [0, 0.05) is 26.1 Å². The summed E-state index contributed by atoms with van der Waals surface area (Å²) in [5, 5.41) is 11.5. The third kappa shape index (κ3) is 3.79. The largest absolute Gasteiger partial charge is 0.480 e. The van der Waals surface area contributed by atoms with E-state index in [1.165, 1.54) is 13.2 Å². The van der Waals surface area contributed by atoms with Gasteiger partial charge in [-0.25, -0.2) is 13.6 Å². The van der Waals surface area contributed by atoms with Crippen molar-refractivity contribution in [1.82, 2.24) is 5.32 Å². The third-order valence-corrected chi connectivity index (χ3v) is 3.72. The number of carboxylic acid groups (broad SMARTS) is 1. The number of rotatable bonds is 7. The Hall–Kier alpha value is -2.02. The monoisotopic (exact) mass is 313 g/mol. The van der Waals surface area contributed by atoms with E-state index >= 15 is 0 Å². The summed E-state index contributed by atoms with van der Waals surface area (Å²) in [5.74, 6) is -4.02. The topological polar surface area (TPSA) is 75.6 Å². The molecule has 1 aliphatic carbocycles. The first-order chi connectivity index (χ1) is 10.4. The van der Waals surface area contributed by atoms with Crippen LogP contribution in [0.15, 0.2) is 18.2 Å². The maximum atomic E-state index is 13.2. The highest BCUT2D eigenvalue weighted by atomic mass is 19.2. The molecule has 0 heterocycles. The first-order valence-corrected chi connectivity index (χ1v) is 6.91. The molecule has 1 amide bonds. The van der Waals surface area contributed by atoms with Crippen molar-refractivity contribution < 1.29 is 28.2 Å². The van der Waals surface area contributed by atoms with E-state index in [0.29, 0.717) is 12.0 Å². The van der Waals surface area contributed by atoms with Crippen molar-refractivity contribution >= 4 is 11.9 Å². The number of carboxylic acids is 1. The Bertz CT molecular complexity index is 579. The molecule has 2 rings (SSSR count). The van der Waals surface area contributed by atoms with Crippen LogP contribution in [0, 0.1) is 17.6 Å². The summed E-state index contributed by atoms with van der Waals surface area (Å²) in [6, 6.07) is 2.53. The molecule has 7 heteroatoms. The number of halogens is 2. The molecule has 1 fully saturated rings. The van der Waals surface area contributed by atoms with Crippen LogP contribution in [0.5, 0.6) is 0 Å². The number of nitrogens with one attached hydrogen (secondary N) is 1. The van der Waals surface area contributed by atoms with E-state index in [1.54, 1.807) is 0 Å². The lowest BCUT2D eigenvalue weighted by Crippen LogP contribution is -2.42. The molecule has 22 heavy (non-hydrogen) atoms. The number of benzene rings is 1. The fraction of sp³-hybridized carbons (Fsp3) is 0.467. The Morgan fingerprint density at radius 2 is 2.14 bits per heavy atom. The standard InChI is InChI=1S/C15H17F2NO4/c1-22-5-4-13(15(20)21)18-14(19)10-7-9(10)8-2-3-11(16)12(17)6-8/h2-3,6,9-10,13H,4-5,7H2,1H3,(H,18,19)(H,20,21). The van der Waals surface area contributed by atoms with Gasteiger partial charge in [0.15, 0.2) is 11.6 Å². The summed E-state index contributed by atoms with van der Waals surface area (Å²) in [5.41, 5.74) is 0.544. The van der Waals surface area contributed by atoms with Crippen molar-refractivity contribution in [3.05, 3.63) is 35.4 Å². The molecule has 0 aromatic heterocycles. The highest BCUT2D eigenvalue weighted by molar-refractivity contribution is 5.87. The summed E-state index contributed by atoms with van der Waals surface area (Å²) >= 11 is 0. The van der Waals surface area contributed by atoms with Crippen molar-refractivity contribution in [3.63, 3.8) is 0 Å². The van der Waals surface area contributed by atoms with Crippen LogP contribution in [0.1, 0.15) is 24.3 Å². The molecule has 0 radical (unpaired) electrons. The number of amides is 1. The van der Waals surface area contributed by atoms with Crippen LogP contribution in [-0.4, -0.2) is 36.7 Å². The van der Waals surface area contributed by atoms with Gasteiger partial charge < -0.3 is 15.2 Å². The fourth-order valence-electron chi connectivity index (χ4n) is 2.37. The van der Waals surface area contributed by atoms with Crippen LogP contribution in [0.3, 0.4) is 0 Å². The van der Waals surface area contributed by atoms with Gasteiger partial charge >= 0.3 is 5.97 Å². The molecular weight excluding hydrogens is 296 g/mol. The zero-order chi connectivity index (χ0) is 16.3. The predicted molar refractivity (Wildman–Crippen MR) is 73.3 cm³/mol. The van der Waals surface area contributed by atoms with Gasteiger partial charge in [0.1, 0.15) is 6.04 Å². The molecule has 3 unspecified atom stereocenters. The maximum Gasteiger partial charge on any atom is 0.326 e. The Labute approximate surface area is 126 Å². The van der Waals surface area contributed by atoms with Crippen molar-refractivity contribution in [2.75, 3.05) is 13.7 Å². The number of aliphatic carboxylic acids is 1. The molecule has 0 saturated heterocycles. The zero-order valence-corrected chi connectivity index (χ0v) is 12.0. The highest BCUT2D eigenvalue weighted by Gasteiger charge is 2.45. The summed E-state index contributed by atoms with van der Waals surface area (Å²) in [6.45, 7) is 0.217. The molecule has 1 aliphatic rings. The summed E-state index contributed by atoms with van der Waals surface area (Å²) in [7, 11) is 1.45. The molecule has 120 valence electrons. The fourth-order valence-corrected chi connectivity index (χ4v) is 2.37. The molecule has 0 spiro atoms. The van der Waals surface area contributed by atoms with Gasteiger partial charge in [-0.15, -0.1) is 0 Å². The Morgan fingerprint density at radius 1 is 1.41 bits per heavy atom. The minimum atomic E-state index is -1.13. The molecule has 0 bridgehead atoms. The number of carbonyl (C=O) groups excluding carboxylic acids is 1. The van der Waals surface area contributed by atoms with Gasteiger partial charge in [-0.05, 0) is 30.0 Å². The van der Waals surface area contributed by atoms with E-state index in [-0.39, 0.29) is 18.9 Å². The minimum Gasteiger partial charge on any atom is -0.480 e. The number of hydrogen-bond acceptors (Lipinski definition) is 3. The van der Waals surface area contributed by atoms with Crippen LogP contribution in [0.25, 0.3) is 0 Å². The lowest BCUT2D eigenvalue weighted by atomic mass is 10.1. The first kappa shape index (κ1) is 16.4. The van der Waals surface area contributed by atoms with Gasteiger partial charge in [0.25, 0.3) is 0 Å². The van der Waals surface area contributed by atoms with Crippen LogP contribution in [0.4, 0.5) is 8.78 Å². The van der Waals surface area contributed by atoms with Crippen LogP contribution >= 0.6 is 0 Å². The van der Waals surface area contributed by atoms with Crippen molar-refractivity contribution in [3.8, 4) is 0 Å². The van der Waals surface area contributed by atoms with E-state index in [0.717, 1.165) is 12.1 Å². The Balaban J connectivity index is 1.94. The third-order valence-electron chi connectivity index (χ3n) is 3.72. The number of hydrogen-bond donors (Lipinski definition) is 2. The second-order valence-electron chi connectivity index (χ2n) is 5.30. The SMILES string of the molecule is COCCC(NC(=O)C1CC1c1ccc(F)c(F)c1)C(=O)O. The summed E-state index contributed by atoms with van der Waals surface area (Å²) in [4.78, 5) is 23.1. The normalized spacial score (nSPS) is 21.2. The zero-order valence-electron chi connectivity index (χ0n) is 12.0. The van der Waals surface area contributed by atoms with E-state index in [1.807, 2.05) is 0 Å². The quantitative estimate of drug-likeness (QED) is 0.803. The predicted octanol–water partition coefficient (Wildman–Crippen LogP) is 1.67. The van der Waals surface area contributed by atoms with Gasteiger partial charge in [0.2, 0.25) is 5.91 Å². The van der Waals surface area contributed by atoms with Gasteiger partial charge in [-0.2, -0.15) is 0 Å². The second-order valence-corrected chi connectivity index (χ2v) is 5.30. The molecule has 1 aromatic rings. The van der Waals surface area contributed by atoms with Crippen molar-refractivity contribution in [1.29, 1.82) is 0 Å². The van der Waals surface area contributed by atoms with E-state index in [2.05, 4.69) is 5.32 Å². The van der Waals surface area contributed by atoms with Gasteiger partial charge in [-0.1, -0.05) is 6.07 Å². The van der Waals surface area contributed by atoms with Crippen molar-refractivity contribution in [2.45, 2.75) is 24.8 Å². The van der Waals surface area contributed by atoms with Gasteiger partial charge in [0.05, 0.1) is 0 Å². The van der Waals surface area contributed by atoms with Crippen LogP contribution < -0.4 is 5.32 Å². The number of methoxy groups -OCH3 is 1. The number of carbonyl (C=O) groups is 2.